The highest BCUT2D eigenvalue weighted by molar-refractivity contribution is 7.98. The van der Waals surface area contributed by atoms with Crippen LogP contribution < -0.4 is 5.73 Å². The molecule has 0 unspecified atom stereocenters. The first kappa shape index (κ1) is 14.4. The number of rotatable bonds is 6. The molecule has 3 rings (SSSR count). The molecule has 0 radical (unpaired) electrons. The van der Waals surface area contributed by atoms with Gasteiger partial charge in [-0.3, -0.25) is 4.57 Å². The Morgan fingerprint density at radius 3 is 2.73 bits per heavy atom. The van der Waals surface area contributed by atoms with Gasteiger partial charge in [-0.15, -0.1) is 16.8 Å². The number of aromatic nitrogens is 5. The molecule has 0 amide bonds. The minimum atomic E-state index is 0.413. The number of thioether (sulfide) groups is 1. The van der Waals surface area contributed by atoms with E-state index in [4.69, 9.17) is 5.73 Å². The van der Waals surface area contributed by atoms with Crippen molar-refractivity contribution in [3.05, 3.63) is 60.9 Å². The van der Waals surface area contributed by atoms with Gasteiger partial charge >= 0.3 is 0 Å². The van der Waals surface area contributed by atoms with Gasteiger partial charge in [-0.25, -0.2) is 4.68 Å². The number of nitrogen functional groups attached to an aromatic ring is 1. The van der Waals surface area contributed by atoms with Crippen LogP contribution >= 0.6 is 11.8 Å². The molecule has 0 aliphatic heterocycles. The molecule has 0 aliphatic carbocycles. The number of anilines is 1. The van der Waals surface area contributed by atoms with Crippen LogP contribution in [0.5, 0.6) is 0 Å². The smallest absolute Gasteiger partial charge is 0.222 e. The molecule has 2 aromatic heterocycles. The van der Waals surface area contributed by atoms with E-state index < -0.39 is 0 Å². The highest BCUT2D eigenvalue weighted by Crippen LogP contribution is 2.23. The number of hydrogen-bond donors (Lipinski definition) is 1. The summed E-state index contributed by atoms with van der Waals surface area (Å²) in [5.74, 6) is 1.21. The van der Waals surface area contributed by atoms with E-state index in [1.54, 1.807) is 24.0 Å². The van der Waals surface area contributed by atoms with Crippen molar-refractivity contribution < 1.29 is 0 Å². The molecule has 0 saturated heterocycles. The van der Waals surface area contributed by atoms with E-state index in [1.807, 2.05) is 33.6 Å². The molecule has 0 aliphatic rings. The third kappa shape index (κ3) is 3.04. The van der Waals surface area contributed by atoms with Crippen molar-refractivity contribution in [3.63, 3.8) is 0 Å². The minimum Gasteiger partial charge on any atom is -0.368 e. The van der Waals surface area contributed by atoms with E-state index in [2.05, 4.69) is 34.0 Å². The van der Waals surface area contributed by atoms with Crippen LogP contribution in [0.2, 0.25) is 0 Å². The fourth-order valence-corrected chi connectivity index (χ4v) is 2.93. The summed E-state index contributed by atoms with van der Waals surface area (Å²) in [6.45, 7) is 4.33. The van der Waals surface area contributed by atoms with Crippen molar-refractivity contribution in [1.29, 1.82) is 0 Å². The van der Waals surface area contributed by atoms with Gasteiger partial charge in [-0.2, -0.15) is 5.10 Å². The zero-order chi connectivity index (χ0) is 15.4. The molecule has 112 valence electrons. The molecule has 0 saturated carbocycles. The van der Waals surface area contributed by atoms with Gasteiger partial charge in [0.05, 0.1) is 5.69 Å². The normalized spacial score (nSPS) is 10.7. The van der Waals surface area contributed by atoms with E-state index in [1.165, 1.54) is 5.56 Å². The Balaban J connectivity index is 1.68. The number of allylic oxidation sites excluding steroid dienone is 1. The molecule has 6 nitrogen and oxygen atoms in total. The standard InChI is InChI=1S/C15H16N6S/c1-2-9-20-14(16)18-19-15(20)22-11-12-4-6-13(7-5-12)21-10-3-8-17-21/h2-8,10H,1,9,11H2,(H2,16,18). The zero-order valence-corrected chi connectivity index (χ0v) is 12.8. The number of hydrogen-bond acceptors (Lipinski definition) is 5. The Bertz CT molecular complexity index is 745. The number of nitrogens with zero attached hydrogens (tertiary/aromatic N) is 5. The summed E-state index contributed by atoms with van der Waals surface area (Å²) in [4.78, 5) is 0. The first-order valence-electron chi connectivity index (χ1n) is 6.79. The van der Waals surface area contributed by atoms with Crippen LogP contribution in [0.25, 0.3) is 5.69 Å². The fourth-order valence-electron chi connectivity index (χ4n) is 2.02. The lowest BCUT2D eigenvalue weighted by molar-refractivity contribution is 0.733. The van der Waals surface area contributed by atoms with Crippen LogP contribution in [0, 0.1) is 0 Å². The Morgan fingerprint density at radius 2 is 2.05 bits per heavy atom. The van der Waals surface area contributed by atoms with E-state index in [9.17, 15) is 0 Å². The summed E-state index contributed by atoms with van der Waals surface area (Å²) in [6.07, 6.45) is 5.47. The predicted molar refractivity (Wildman–Crippen MR) is 87.8 cm³/mol. The topological polar surface area (TPSA) is 74.6 Å². The summed E-state index contributed by atoms with van der Waals surface area (Å²) in [5, 5.41) is 13.0. The molecule has 7 heteroatoms. The van der Waals surface area contributed by atoms with Gasteiger partial charge in [-0.05, 0) is 23.8 Å². The largest absolute Gasteiger partial charge is 0.368 e. The molecule has 1 aromatic carbocycles. The lowest BCUT2D eigenvalue weighted by Gasteiger charge is -2.06. The fraction of sp³-hybridized carbons (Fsp3) is 0.133. The van der Waals surface area contributed by atoms with Crippen LogP contribution in [-0.4, -0.2) is 24.5 Å². The molecule has 2 N–H and O–H groups in total. The van der Waals surface area contributed by atoms with Crippen molar-refractivity contribution in [2.45, 2.75) is 17.5 Å². The van der Waals surface area contributed by atoms with Crippen molar-refractivity contribution in [1.82, 2.24) is 24.5 Å². The first-order chi connectivity index (χ1) is 10.8. The summed E-state index contributed by atoms with van der Waals surface area (Å²) in [6, 6.07) is 10.2. The minimum absolute atomic E-state index is 0.413. The van der Waals surface area contributed by atoms with Crippen molar-refractivity contribution in [2.24, 2.45) is 0 Å². The van der Waals surface area contributed by atoms with E-state index >= 15 is 0 Å². The van der Waals surface area contributed by atoms with E-state index in [0.29, 0.717) is 12.5 Å². The highest BCUT2D eigenvalue weighted by Gasteiger charge is 2.09. The van der Waals surface area contributed by atoms with Crippen molar-refractivity contribution in [2.75, 3.05) is 5.73 Å². The van der Waals surface area contributed by atoms with Crippen LogP contribution in [-0.2, 0) is 12.3 Å². The van der Waals surface area contributed by atoms with Crippen LogP contribution in [0.1, 0.15) is 5.56 Å². The lowest BCUT2D eigenvalue weighted by atomic mass is 10.2. The van der Waals surface area contributed by atoms with Gasteiger partial charge in [0.15, 0.2) is 5.16 Å². The highest BCUT2D eigenvalue weighted by atomic mass is 32.2. The Labute approximate surface area is 132 Å². The average Bonchev–Trinajstić information content (AvgIpc) is 3.18. The van der Waals surface area contributed by atoms with Gasteiger partial charge < -0.3 is 5.73 Å². The molecule has 22 heavy (non-hydrogen) atoms. The lowest BCUT2D eigenvalue weighted by Crippen LogP contribution is -2.03. The molecule has 2 heterocycles. The third-order valence-electron chi connectivity index (χ3n) is 3.13. The Morgan fingerprint density at radius 1 is 1.23 bits per heavy atom. The third-order valence-corrected chi connectivity index (χ3v) is 4.17. The molecular formula is C15H16N6S. The van der Waals surface area contributed by atoms with Gasteiger partial charge in [0.25, 0.3) is 0 Å². The quantitative estimate of drug-likeness (QED) is 0.559. The van der Waals surface area contributed by atoms with E-state index in [0.717, 1.165) is 16.6 Å². The second-order valence-corrected chi connectivity index (χ2v) is 5.59. The summed E-state index contributed by atoms with van der Waals surface area (Å²) < 4.78 is 3.67. The molecule has 3 aromatic rings. The second kappa shape index (κ2) is 6.48. The first-order valence-corrected chi connectivity index (χ1v) is 7.78. The molecule has 0 bridgehead atoms. The van der Waals surface area contributed by atoms with Gasteiger partial charge in [0.1, 0.15) is 0 Å². The van der Waals surface area contributed by atoms with Crippen LogP contribution in [0.3, 0.4) is 0 Å². The predicted octanol–water partition coefficient (Wildman–Crippen LogP) is 2.52. The van der Waals surface area contributed by atoms with Crippen LogP contribution in [0.15, 0.2) is 60.5 Å². The molecular weight excluding hydrogens is 296 g/mol. The molecule has 0 fully saturated rings. The van der Waals surface area contributed by atoms with Crippen molar-refractivity contribution >= 4 is 17.7 Å². The Kier molecular flexibility index (Phi) is 4.24. The molecule has 0 spiro atoms. The monoisotopic (exact) mass is 312 g/mol. The Hall–Kier alpha value is -2.54. The number of benzene rings is 1. The summed E-state index contributed by atoms with van der Waals surface area (Å²) in [7, 11) is 0. The number of nitrogens with two attached hydrogens (primary N) is 1. The maximum absolute atomic E-state index is 5.79. The van der Waals surface area contributed by atoms with Gasteiger partial charge in [0, 0.05) is 24.7 Å². The maximum Gasteiger partial charge on any atom is 0.222 e. The SMILES string of the molecule is C=CCn1c(N)nnc1SCc1ccc(-n2cccn2)cc1. The zero-order valence-electron chi connectivity index (χ0n) is 12.0. The second-order valence-electron chi connectivity index (χ2n) is 4.65. The average molecular weight is 312 g/mol. The maximum atomic E-state index is 5.79. The summed E-state index contributed by atoms with van der Waals surface area (Å²) >= 11 is 1.60. The molecule has 0 atom stereocenters. The van der Waals surface area contributed by atoms with E-state index in [-0.39, 0.29) is 0 Å². The van der Waals surface area contributed by atoms with Crippen LogP contribution in [0.4, 0.5) is 5.95 Å². The summed E-state index contributed by atoms with van der Waals surface area (Å²) in [5.41, 5.74) is 8.03. The van der Waals surface area contributed by atoms with Gasteiger partial charge in [-0.1, -0.05) is 30.0 Å². The van der Waals surface area contributed by atoms with Crippen molar-refractivity contribution in [3.8, 4) is 5.69 Å². The van der Waals surface area contributed by atoms with Gasteiger partial charge in [0.2, 0.25) is 5.95 Å².